The summed E-state index contributed by atoms with van der Waals surface area (Å²) in [5, 5.41) is 71.8. The third-order valence-corrected chi connectivity index (χ3v) is 2.47. The van der Waals surface area contributed by atoms with Crippen LogP contribution in [0.15, 0.2) is 0 Å². The molecule has 0 saturated carbocycles. The number of aliphatic hydroxyl groups excluding tert-OH is 6. The maximum atomic E-state index is 9.86. The van der Waals surface area contributed by atoms with Gasteiger partial charge in [-0.05, 0) is 12.8 Å². The van der Waals surface area contributed by atoms with Gasteiger partial charge in [0.25, 0.3) is 0 Å². The Kier molecular flexibility index (Phi) is 24.9. The number of carboxylic acid groups (broad SMARTS) is 2. The SMILES string of the molecule is NC(CCC(=O)[O-])C(=O)[O-].OCC(O)C(O)C(O)C(O)CO.[Na+].[Na+]. The van der Waals surface area contributed by atoms with Crippen LogP contribution in [-0.4, -0.2) is 86.2 Å². The predicted octanol–water partition coefficient (Wildman–Crippen LogP) is -13.0. The predicted molar refractivity (Wildman–Crippen MR) is 65.4 cm³/mol. The Labute approximate surface area is 182 Å². The van der Waals surface area contributed by atoms with Crippen molar-refractivity contribution in [1.29, 1.82) is 0 Å². The monoisotopic (exact) mass is 373 g/mol. The quantitative estimate of drug-likeness (QED) is 0.188. The molecule has 0 aromatic carbocycles. The molecule has 0 spiro atoms. The molecule has 0 bridgehead atoms. The van der Waals surface area contributed by atoms with Crippen LogP contribution in [0.2, 0.25) is 0 Å². The van der Waals surface area contributed by atoms with Crippen molar-refractivity contribution in [3.8, 4) is 0 Å². The van der Waals surface area contributed by atoms with E-state index in [2.05, 4.69) is 0 Å². The van der Waals surface area contributed by atoms with Crippen LogP contribution < -0.4 is 75.1 Å². The Morgan fingerprint density at radius 2 is 1.21 bits per heavy atom. The average Bonchev–Trinajstić information content (AvgIpc) is 2.49. The number of rotatable bonds is 9. The van der Waals surface area contributed by atoms with Gasteiger partial charge in [-0.1, -0.05) is 0 Å². The summed E-state index contributed by atoms with van der Waals surface area (Å²) >= 11 is 0. The molecule has 11 nitrogen and oxygen atoms in total. The molecule has 0 heterocycles. The van der Waals surface area contributed by atoms with Gasteiger partial charge in [-0.15, -0.1) is 0 Å². The Balaban J connectivity index is -0.000000156. The maximum Gasteiger partial charge on any atom is 1.00 e. The van der Waals surface area contributed by atoms with E-state index in [4.69, 9.17) is 36.4 Å². The van der Waals surface area contributed by atoms with Crippen LogP contribution in [0.4, 0.5) is 0 Å². The molecule has 0 aromatic rings. The molecule has 0 fully saturated rings. The molecular formula is C11H21NNa2O10. The molecule has 0 rings (SSSR count). The van der Waals surface area contributed by atoms with Gasteiger partial charge in [0.2, 0.25) is 0 Å². The topological polar surface area (TPSA) is 228 Å². The number of aliphatic carboxylic acids is 2. The maximum absolute atomic E-state index is 9.86. The van der Waals surface area contributed by atoms with Crippen LogP contribution in [0.5, 0.6) is 0 Å². The Morgan fingerprint density at radius 1 is 0.875 bits per heavy atom. The molecule has 0 amide bonds. The average molecular weight is 373 g/mol. The number of hydrogen-bond acceptors (Lipinski definition) is 11. The van der Waals surface area contributed by atoms with Crippen LogP contribution in [0.1, 0.15) is 12.8 Å². The fourth-order valence-corrected chi connectivity index (χ4v) is 1.06. The zero-order valence-electron chi connectivity index (χ0n) is 13.6. The number of carbonyl (C=O) groups is 2. The van der Waals surface area contributed by atoms with E-state index in [1.165, 1.54) is 0 Å². The molecule has 8 N–H and O–H groups in total. The molecule has 0 aliphatic heterocycles. The smallest absolute Gasteiger partial charge is 0.550 e. The first-order valence-electron chi connectivity index (χ1n) is 6.18. The second-order valence-electron chi connectivity index (χ2n) is 4.32. The minimum absolute atomic E-state index is 0. The van der Waals surface area contributed by atoms with Crippen molar-refractivity contribution >= 4 is 11.9 Å². The fraction of sp³-hybridized carbons (Fsp3) is 0.818. The third-order valence-electron chi connectivity index (χ3n) is 2.47. The second-order valence-corrected chi connectivity index (χ2v) is 4.32. The second kappa shape index (κ2) is 18.5. The molecule has 0 aromatic heterocycles. The number of aliphatic hydroxyl groups is 6. The standard InChI is InChI=1S/C6H14O6.C5H9NO4.2Na/c7-1-3(9)5(11)6(12)4(10)2-8;6-3(5(9)10)1-2-4(7)8;;/h3-12H,1-2H2;3H,1-2,6H2,(H,7,8)(H,9,10);;/q;;2*+1/p-2. The van der Waals surface area contributed by atoms with Crippen LogP contribution in [-0.2, 0) is 9.59 Å². The van der Waals surface area contributed by atoms with E-state index in [9.17, 15) is 19.8 Å². The van der Waals surface area contributed by atoms with Gasteiger partial charge in [0.15, 0.2) is 0 Å². The van der Waals surface area contributed by atoms with Crippen LogP contribution in [0.25, 0.3) is 0 Å². The summed E-state index contributed by atoms with van der Waals surface area (Å²) < 4.78 is 0. The summed E-state index contributed by atoms with van der Waals surface area (Å²) in [6.45, 7) is -1.45. The molecule has 0 radical (unpaired) electrons. The molecule has 13 heteroatoms. The van der Waals surface area contributed by atoms with Gasteiger partial charge in [-0.2, -0.15) is 0 Å². The molecule has 5 atom stereocenters. The van der Waals surface area contributed by atoms with Crippen molar-refractivity contribution in [2.45, 2.75) is 43.3 Å². The number of carboxylic acids is 2. The van der Waals surface area contributed by atoms with Crippen molar-refractivity contribution in [3.63, 3.8) is 0 Å². The molecule has 0 saturated heterocycles. The van der Waals surface area contributed by atoms with Crippen molar-refractivity contribution < 1.29 is 110 Å². The van der Waals surface area contributed by atoms with Gasteiger partial charge in [0.05, 0.1) is 19.2 Å². The van der Waals surface area contributed by atoms with E-state index in [0.717, 1.165) is 0 Å². The van der Waals surface area contributed by atoms with Crippen molar-refractivity contribution in [2.24, 2.45) is 5.73 Å². The summed E-state index contributed by atoms with van der Waals surface area (Å²) in [6.07, 6.45) is -6.89. The molecule has 132 valence electrons. The van der Waals surface area contributed by atoms with E-state index in [1.54, 1.807) is 0 Å². The Bertz CT molecular complexity index is 322. The molecule has 5 unspecified atom stereocenters. The van der Waals surface area contributed by atoms with Gasteiger partial charge in [-0.25, -0.2) is 0 Å². The van der Waals surface area contributed by atoms with Gasteiger partial charge in [0, 0.05) is 12.0 Å². The van der Waals surface area contributed by atoms with Gasteiger partial charge in [0.1, 0.15) is 24.4 Å². The number of carbonyl (C=O) groups excluding carboxylic acids is 2. The normalized spacial score (nSPS) is 16.0. The van der Waals surface area contributed by atoms with E-state index >= 15 is 0 Å². The Morgan fingerprint density at radius 3 is 1.42 bits per heavy atom. The van der Waals surface area contributed by atoms with Crippen LogP contribution in [0, 0.1) is 0 Å². The van der Waals surface area contributed by atoms with Gasteiger partial charge < -0.3 is 56.2 Å². The molecular weight excluding hydrogens is 352 g/mol. The minimum atomic E-state index is -1.67. The molecule has 0 aliphatic rings. The van der Waals surface area contributed by atoms with Crippen LogP contribution >= 0.6 is 0 Å². The van der Waals surface area contributed by atoms with E-state index < -0.39 is 55.6 Å². The van der Waals surface area contributed by atoms with Crippen molar-refractivity contribution in [1.82, 2.24) is 0 Å². The Hall–Kier alpha value is 0.660. The zero-order chi connectivity index (χ0) is 17.9. The van der Waals surface area contributed by atoms with Crippen LogP contribution in [0.3, 0.4) is 0 Å². The zero-order valence-corrected chi connectivity index (χ0v) is 17.6. The van der Waals surface area contributed by atoms with E-state index in [1.807, 2.05) is 0 Å². The first-order chi connectivity index (χ1) is 10.1. The van der Waals surface area contributed by atoms with Gasteiger partial charge in [-0.3, -0.25) is 0 Å². The molecule has 0 aliphatic carbocycles. The largest absolute Gasteiger partial charge is 1.00 e. The summed E-state index contributed by atoms with van der Waals surface area (Å²) in [7, 11) is 0. The number of nitrogens with two attached hydrogens (primary N) is 1. The molecule has 24 heavy (non-hydrogen) atoms. The fourth-order valence-electron chi connectivity index (χ4n) is 1.06. The summed E-state index contributed by atoms with van der Waals surface area (Å²) in [4.78, 5) is 19.6. The first kappa shape index (κ1) is 32.3. The van der Waals surface area contributed by atoms with E-state index in [0.29, 0.717) is 0 Å². The minimum Gasteiger partial charge on any atom is -0.550 e. The summed E-state index contributed by atoms with van der Waals surface area (Å²) in [5.41, 5.74) is 4.91. The third kappa shape index (κ3) is 16.1. The van der Waals surface area contributed by atoms with Crippen molar-refractivity contribution in [2.75, 3.05) is 13.2 Å². The summed E-state index contributed by atoms with van der Waals surface area (Å²) in [6, 6.07) is -1.21. The van der Waals surface area contributed by atoms with E-state index in [-0.39, 0.29) is 72.0 Å². The van der Waals surface area contributed by atoms with Gasteiger partial charge >= 0.3 is 59.1 Å². The van der Waals surface area contributed by atoms with Crippen molar-refractivity contribution in [3.05, 3.63) is 0 Å². The first-order valence-corrected chi connectivity index (χ1v) is 6.18. The summed E-state index contributed by atoms with van der Waals surface area (Å²) in [5.74, 6) is -2.75. The number of hydrogen-bond donors (Lipinski definition) is 7.